The predicted octanol–water partition coefficient (Wildman–Crippen LogP) is 2.87. The van der Waals surface area contributed by atoms with Gasteiger partial charge in [-0.3, -0.25) is 24.6 Å². The first-order valence-electron chi connectivity index (χ1n) is 11.7. The molecule has 7 nitrogen and oxygen atoms in total. The number of benzene rings is 1. The number of nitrogens with zero attached hydrogens (tertiary/aromatic N) is 2. The number of imide groups is 1. The van der Waals surface area contributed by atoms with Crippen molar-refractivity contribution in [2.45, 2.75) is 83.5 Å². The first-order chi connectivity index (χ1) is 15.0. The summed E-state index contributed by atoms with van der Waals surface area (Å²) in [5.41, 5.74) is 1.51. The molecule has 1 N–H and O–H groups in total. The van der Waals surface area contributed by atoms with Gasteiger partial charge >= 0.3 is 0 Å². The lowest BCUT2D eigenvalue weighted by atomic mass is 10.0. The number of amides is 3. The Hall–Kier alpha value is -2.41. The van der Waals surface area contributed by atoms with Crippen LogP contribution in [0, 0.1) is 0 Å². The second kappa shape index (κ2) is 9.39. The monoisotopic (exact) mass is 427 g/mol. The molecule has 1 saturated carbocycles. The van der Waals surface area contributed by atoms with Crippen LogP contribution in [-0.2, 0) is 16.1 Å². The number of carbonyl (C=O) groups is 3. The third-order valence-electron chi connectivity index (χ3n) is 6.98. The van der Waals surface area contributed by atoms with Gasteiger partial charge in [0.2, 0.25) is 11.8 Å². The SMILES string of the molecule is CCN(CC)[C@@H]1CCCCC[C@H]1Oc1ccc2c(c1)CN(C1CCC(=O)NC1=O)C2=O. The molecule has 31 heavy (non-hydrogen) atoms. The van der Waals surface area contributed by atoms with Gasteiger partial charge < -0.3 is 9.64 Å². The number of piperidine rings is 1. The van der Waals surface area contributed by atoms with E-state index in [-0.39, 0.29) is 30.2 Å². The summed E-state index contributed by atoms with van der Waals surface area (Å²) in [6, 6.07) is 5.49. The number of fused-ring (bicyclic) bond motifs is 1. The second-order valence-electron chi connectivity index (χ2n) is 8.80. The van der Waals surface area contributed by atoms with Crippen LogP contribution in [0.1, 0.15) is 74.7 Å². The molecular weight excluding hydrogens is 394 g/mol. The number of ether oxygens (including phenoxy) is 1. The zero-order chi connectivity index (χ0) is 22.0. The Morgan fingerprint density at radius 1 is 1.06 bits per heavy atom. The Morgan fingerprint density at radius 3 is 2.58 bits per heavy atom. The number of nitrogens with one attached hydrogen (secondary N) is 1. The molecule has 7 heteroatoms. The molecule has 0 spiro atoms. The van der Waals surface area contributed by atoms with Gasteiger partial charge in [-0.05, 0) is 62.5 Å². The van der Waals surface area contributed by atoms with Crippen molar-refractivity contribution >= 4 is 17.7 Å². The third kappa shape index (κ3) is 4.47. The maximum Gasteiger partial charge on any atom is 0.255 e. The van der Waals surface area contributed by atoms with Crippen LogP contribution >= 0.6 is 0 Å². The fraction of sp³-hybridized carbons (Fsp3) is 0.625. The van der Waals surface area contributed by atoms with Crippen LogP contribution in [0.4, 0.5) is 0 Å². The number of carbonyl (C=O) groups excluding carboxylic acids is 3. The van der Waals surface area contributed by atoms with E-state index in [9.17, 15) is 14.4 Å². The Kier molecular flexibility index (Phi) is 6.60. The molecule has 1 aromatic carbocycles. The van der Waals surface area contributed by atoms with Gasteiger partial charge in [0.05, 0.1) is 0 Å². The normalized spacial score (nSPS) is 26.6. The zero-order valence-electron chi connectivity index (χ0n) is 18.6. The van der Waals surface area contributed by atoms with Crippen molar-refractivity contribution in [3.05, 3.63) is 29.3 Å². The number of rotatable bonds is 6. The van der Waals surface area contributed by atoms with Gasteiger partial charge in [-0.15, -0.1) is 0 Å². The van der Waals surface area contributed by atoms with Crippen molar-refractivity contribution in [2.75, 3.05) is 13.1 Å². The summed E-state index contributed by atoms with van der Waals surface area (Å²) < 4.78 is 6.51. The fourth-order valence-corrected chi connectivity index (χ4v) is 5.30. The van der Waals surface area contributed by atoms with E-state index < -0.39 is 6.04 Å². The van der Waals surface area contributed by atoms with Crippen LogP contribution in [-0.4, -0.2) is 58.8 Å². The molecule has 3 amide bonds. The van der Waals surface area contributed by atoms with Crippen LogP contribution in [0.2, 0.25) is 0 Å². The van der Waals surface area contributed by atoms with Gasteiger partial charge in [-0.2, -0.15) is 0 Å². The minimum Gasteiger partial charge on any atom is -0.489 e. The van der Waals surface area contributed by atoms with Crippen molar-refractivity contribution in [3.63, 3.8) is 0 Å². The van der Waals surface area contributed by atoms with E-state index in [0.717, 1.165) is 37.2 Å². The van der Waals surface area contributed by atoms with Crippen LogP contribution in [0.15, 0.2) is 18.2 Å². The average Bonchev–Trinajstić information content (AvgIpc) is 2.91. The Labute approximate surface area is 184 Å². The first kappa shape index (κ1) is 21.8. The van der Waals surface area contributed by atoms with Gasteiger partial charge in [0.1, 0.15) is 17.9 Å². The molecule has 0 bridgehead atoms. The molecule has 4 rings (SSSR count). The van der Waals surface area contributed by atoms with E-state index in [1.54, 1.807) is 4.90 Å². The van der Waals surface area contributed by atoms with E-state index in [1.165, 1.54) is 19.3 Å². The highest BCUT2D eigenvalue weighted by Crippen LogP contribution is 2.32. The standard InChI is InChI=1S/C24H33N3O4/c1-3-26(4-2)19-8-6-5-7-9-21(19)31-17-10-11-18-16(14-17)15-27(24(18)30)20-12-13-22(28)25-23(20)29/h10-11,14,19-21H,3-9,12-13,15H2,1-2H3,(H,25,28,29)/t19-,20?,21-/m1/s1. The predicted molar refractivity (Wildman–Crippen MR) is 117 cm³/mol. The third-order valence-corrected chi connectivity index (χ3v) is 6.98. The van der Waals surface area contributed by atoms with Crippen molar-refractivity contribution in [3.8, 4) is 5.75 Å². The lowest BCUT2D eigenvalue weighted by Crippen LogP contribution is -2.52. The Bertz CT molecular complexity index is 851. The molecule has 0 radical (unpaired) electrons. The van der Waals surface area contributed by atoms with Gasteiger partial charge in [0.15, 0.2) is 0 Å². The molecule has 3 atom stereocenters. The molecule has 1 aromatic rings. The molecule has 0 aromatic heterocycles. The topological polar surface area (TPSA) is 79.0 Å². The number of likely N-dealkylation sites (N-methyl/N-ethyl adjacent to an activating group) is 1. The van der Waals surface area contributed by atoms with Gasteiger partial charge in [0, 0.05) is 24.6 Å². The van der Waals surface area contributed by atoms with Crippen LogP contribution < -0.4 is 10.1 Å². The molecule has 2 heterocycles. The largest absolute Gasteiger partial charge is 0.489 e. The highest BCUT2D eigenvalue weighted by molar-refractivity contribution is 6.05. The van der Waals surface area contributed by atoms with E-state index >= 15 is 0 Å². The van der Waals surface area contributed by atoms with Crippen LogP contribution in [0.5, 0.6) is 5.75 Å². The minimum absolute atomic E-state index is 0.142. The van der Waals surface area contributed by atoms with Crippen LogP contribution in [0.3, 0.4) is 0 Å². The summed E-state index contributed by atoms with van der Waals surface area (Å²) in [4.78, 5) is 40.7. The summed E-state index contributed by atoms with van der Waals surface area (Å²) in [6.07, 6.45) is 6.63. The van der Waals surface area contributed by atoms with Crippen molar-refractivity contribution in [1.29, 1.82) is 0 Å². The molecule has 1 saturated heterocycles. The lowest BCUT2D eigenvalue weighted by molar-refractivity contribution is -0.136. The Balaban J connectivity index is 1.50. The number of hydrogen-bond acceptors (Lipinski definition) is 5. The number of hydrogen-bond donors (Lipinski definition) is 1. The summed E-state index contributed by atoms with van der Waals surface area (Å²) in [7, 11) is 0. The molecule has 2 aliphatic heterocycles. The summed E-state index contributed by atoms with van der Waals surface area (Å²) >= 11 is 0. The first-order valence-corrected chi connectivity index (χ1v) is 11.7. The minimum atomic E-state index is -0.587. The average molecular weight is 428 g/mol. The van der Waals surface area contributed by atoms with Crippen molar-refractivity contribution in [1.82, 2.24) is 15.1 Å². The van der Waals surface area contributed by atoms with Gasteiger partial charge in [-0.25, -0.2) is 0 Å². The van der Waals surface area contributed by atoms with E-state index in [1.807, 2.05) is 18.2 Å². The van der Waals surface area contributed by atoms with Gasteiger partial charge in [-0.1, -0.05) is 26.7 Å². The molecule has 3 aliphatic rings. The highest BCUT2D eigenvalue weighted by Gasteiger charge is 2.39. The maximum atomic E-state index is 12.9. The quantitative estimate of drug-likeness (QED) is 0.558. The summed E-state index contributed by atoms with van der Waals surface area (Å²) in [6.45, 7) is 6.81. The Morgan fingerprint density at radius 2 is 1.84 bits per heavy atom. The summed E-state index contributed by atoms with van der Waals surface area (Å²) in [5, 5.41) is 2.35. The molecule has 168 valence electrons. The van der Waals surface area contributed by atoms with Crippen molar-refractivity contribution < 1.29 is 19.1 Å². The zero-order valence-corrected chi connectivity index (χ0v) is 18.6. The molecule has 1 unspecified atom stereocenters. The smallest absolute Gasteiger partial charge is 0.255 e. The van der Waals surface area contributed by atoms with Gasteiger partial charge in [0.25, 0.3) is 5.91 Å². The van der Waals surface area contributed by atoms with Crippen LogP contribution in [0.25, 0.3) is 0 Å². The van der Waals surface area contributed by atoms with E-state index in [4.69, 9.17) is 4.74 Å². The lowest BCUT2D eigenvalue weighted by Gasteiger charge is -2.35. The highest BCUT2D eigenvalue weighted by atomic mass is 16.5. The van der Waals surface area contributed by atoms with Crippen molar-refractivity contribution in [2.24, 2.45) is 0 Å². The second-order valence-corrected chi connectivity index (χ2v) is 8.80. The fourth-order valence-electron chi connectivity index (χ4n) is 5.30. The molecule has 2 fully saturated rings. The molecular formula is C24H33N3O4. The molecule has 1 aliphatic carbocycles. The van der Waals surface area contributed by atoms with E-state index in [2.05, 4.69) is 24.1 Å². The van der Waals surface area contributed by atoms with E-state index in [0.29, 0.717) is 24.6 Å². The maximum absolute atomic E-state index is 12.9. The summed E-state index contributed by atoms with van der Waals surface area (Å²) in [5.74, 6) is -0.00563.